The Bertz CT molecular complexity index is 499. The minimum Gasteiger partial charge on any atom is -0.306 e. The molecule has 0 aliphatic rings. The number of hydrogen-bond acceptors (Lipinski definition) is 4. The van der Waals surface area contributed by atoms with Crippen molar-refractivity contribution in [3.8, 4) is 0 Å². The van der Waals surface area contributed by atoms with Gasteiger partial charge in [0.05, 0.1) is 6.04 Å². The Balaban J connectivity index is 2.22. The zero-order chi connectivity index (χ0) is 14.2. The van der Waals surface area contributed by atoms with Crippen molar-refractivity contribution in [2.75, 3.05) is 12.3 Å². The highest BCUT2D eigenvalue weighted by Crippen LogP contribution is 2.24. The van der Waals surface area contributed by atoms with Gasteiger partial charge in [-0.1, -0.05) is 26.0 Å². The average molecular weight is 287 g/mol. The Morgan fingerprint density at radius 2 is 1.75 bits per heavy atom. The van der Waals surface area contributed by atoms with Crippen molar-refractivity contribution >= 4 is 11.8 Å². The molecule has 1 aromatic carbocycles. The summed E-state index contributed by atoms with van der Waals surface area (Å²) in [6.45, 7) is 5.32. The summed E-state index contributed by atoms with van der Waals surface area (Å²) in [5.41, 5.74) is 2.37. The Hall–Kier alpha value is -1.39. The molecule has 0 fully saturated rings. The summed E-state index contributed by atoms with van der Waals surface area (Å²) >= 11 is 1.86. The topological polar surface area (TPSA) is 37.8 Å². The number of hydrogen-bond donors (Lipinski definition) is 1. The van der Waals surface area contributed by atoms with Crippen molar-refractivity contribution < 1.29 is 0 Å². The summed E-state index contributed by atoms with van der Waals surface area (Å²) in [5.74, 6) is 1.10. The number of aromatic nitrogens is 2. The van der Waals surface area contributed by atoms with Gasteiger partial charge in [-0.2, -0.15) is 0 Å². The highest BCUT2D eigenvalue weighted by atomic mass is 32.2. The van der Waals surface area contributed by atoms with Crippen LogP contribution in [-0.4, -0.2) is 22.3 Å². The van der Waals surface area contributed by atoms with E-state index in [0.717, 1.165) is 24.3 Å². The van der Waals surface area contributed by atoms with Crippen molar-refractivity contribution in [2.45, 2.75) is 31.2 Å². The molecule has 2 aromatic rings. The number of benzene rings is 1. The summed E-state index contributed by atoms with van der Waals surface area (Å²) in [6, 6.07) is 8.93. The number of nitrogens with one attached hydrogen (secondary N) is 1. The zero-order valence-corrected chi connectivity index (χ0v) is 12.9. The van der Waals surface area contributed by atoms with Crippen molar-refractivity contribution in [1.82, 2.24) is 15.3 Å². The van der Waals surface area contributed by atoms with Crippen molar-refractivity contribution in [2.24, 2.45) is 0 Å². The second-order valence-corrected chi connectivity index (χ2v) is 5.90. The van der Waals surface area contributed by atoms with Crippen LogP contribution in [0.5, 0.6) is 0 Å². The molecule has 1 heterocycles. The van der Waals surface area contributed by atoms with Crippen molar-refractivity contribution in [3.05, 3.63) is 54.1 Å². The van der Waals surface area contributed by atoms with Crippen LogP contribution < -0.4 is 5.32 Å². The Morgan fingerprint density at radius 1 is 1.05 bits per heavy atom. The lowest BCUT2D eigenvalue weighted by atomic mass is 10.0. The van der Waals surface area contributed by atoms with Gasteiger partial charge in [-0.25, -0.2) is 9.97 Å². The van der Waals surface area contributed by atoms with Gasteiger partial charge in [-0.3, -0.25) is 0 Å². The molecule has 0 spiro atoms. The van der Waals surface area contributed by atoms with E-state index >= 15 is 0 Å². The van der Waals surface area contributed by atoms with Crippen molar-refractivity contribution in [1.29, 1.82) is 0 Å². The second kappa shape index (κ2) is 8.02. The molecule has 1 aromatic heterocycles. The molecule has 20 heavy (non-hydrogen) atoms. The first-order valence-corrected chi connectivity index (χ1v) is 8.04. The third-order valence-electron chi connectivity index (χ3n) is 3.04. The molecular weight excluding hydrogens is 266 g/mol. The third kappa shape index (κ3) is 4.05. The molecule has 3 nitrogen and oxygen atoms in total. The lowest BCUT2D eigenvalue weighted by Crippen LogP contribution is -2.23. The van der Waals surface area contributed by atoms with Gasteiger partial charge in [0.1, 0.15) is 6.33 Å². The van der Waals surface area contributed by atoms with E-state index in [2.05, 4.69) is 53.4 Å². The van der Waals surface area contributed by atoms with Gasteiger partial charge >= 0.3 is 0 Å². The molecule has 0 bridgehead atoms. The maximum Gasteiger partial charge on any atom is 0.115 e. The van der Waals surface area contributed by atoms with Gasteiger partial charge in [0.15, 0.2) is 0 Å². The second-order valence-electron chi connectivity index (χ2n) is 4.56. The number of nitrogens with zero attached hydrogens (tertiary/aromatic N) is 2. The summed E-state index contributed by atoms with van der Waals surface area (Å²) in [5, 5.41) is 3.57. The predicted molar refractivity (Wildman–Crippen MR) is 85.0 cm³/mol. The first kappa shape index (κ1) is 15.0. The van der Waals surface area contributed by atoms with E-state index in [-0.39, 0.29) is 6.04 Å². The molecule has 4 heteroatoms. The molecular formula is C16H21N3S. The third-order valence-corrected chi connectivity index (χ3v) is 3.93. The van der Waals surface area contributed by atoms with Crippen LogP contribution in [0.15, 0.2) is 47.9 Å². The van der Waals surface area contributed by atoms with Crippen LogP contribution in [0.3, 0.4) is 0 Å². The molecule has 1 atom stereocenters. The standard InChI is InChI=1S/C16H21N3S/c1-3-9-19-16(14-10-17-12-18-11-14)13-5-7-15(8-6-13)20-4-2/h5-8,10-12,16,19H,3-4,9H2,1-2H3. The fourth-order valence-electron chi connectivity index (χ4n) is 2.10. The predicted octanol–water partition coefficient (Wildman–Crippen LogP) is 3.68. The smallest absolute Gasteiger partial charge is 0.115 e. The molecule has 0 saturated heterocycles. The molecule has 0 aliphatic heterocycles. The largest absolute Gasteiger partial charge is 0.306 e. The van der Waals surface area contributed by atoms with E-state index in [9.17, 15) is 0 Å². The molecule has 0 saturated carbocycles. The summed E-state index contributed by atoms with van der Waals surface area (Å²) in [4.78, 5) is 9.58. The van der Waals surface area contributed by atoms with E-state index in [1.165, 1.54) is 10.5 Å². The maximum atomic E-state index is 4.13. The van der Waals surface area contributed by atoms with E-state index in [4.69, 9.17) is 0 Å². The summed E-state index contributed by atoms with van der Waals surface area (Å²) in [6.07, 6.45) is 6.44. The number of thioether (sulfide) groups is 1. The van der Waals surface area contributed by atoms with E-state index in [1.807, 2.05) is 24.2 Å². The Kier molecular flexibility index (Phi) is 6.02. The number of rotatable bonds is 7. The van der Waals surface area contributed by atoms with Crippen LogP contribution >= 0.6 is 11.8 Å². The molecule has 1 unspecified atom stereocenters. The Morgan fingerprint density at radius 3 is 2.35 bits per heavy atom. The molecule has 0 aliphatic carbocycles. The highest BCUT2D eigenvalue weighted by Gasteiger charge is 2.13. The van der Waals surface area contributed by atoms with E-state index in [1.54, 1.807) is 6.33 Å². The SMILES string of the molecule is CCCNC(c1ccc(SCC)cc1)c1cncnc1. The maximum absolute atomic E-state index is 4.13. The average Bonchev–Trinajstić information content (AvgIpc) is 2.51. The monoisotopic (exact) mass is 287 g/mol. The quantitative estimate of drug-likeness (QED) is 0.788. The summed E-state index contributed by atoms with van der Waals surface area (Å²) < 4.78 is 0. The van der Waals surface area contributed by atoms with Gasteiger partial charge in [0.2, 0.25) is 0 Å². The van der Waals surface area contributed by atoms with E-state index < -0.39 is 0 Å². The van der Waals surface area contributed by atoms with Gasteiger partial charge < -0.3 is 5.32 Å². The minimum absolute atomic E-state index is 0.164. The van der Waals surface area contributed by atoms with Crippen LogP contribution in [0.2, 0.25) is 0 Å². The van der Waals surface area contributed by atoms with E-state index in [0.29, 0.717) is 0 Å². The van der Waals surface area contributed by atoms with Crippen molar-refractivity contribution in [3.63, 3.8) is 0 Å². The fourth-order valence-corrected chi connectivity index (χ4v) is 2.76. The van der Waals surface area contributed by atoms with Gasteiger partial charge in [0, 0.05) is 22.9 Å². The van der Waals surface area contributed by atoms with Gasteiger partial charge in [-0.15, -0.1) is 11.8 Å². The van der Waals surface area contributed by atoms with Crippen LogP contribution in [0.1, 0.15) is 37.4 Å². The van der Waals surface area contributed by atoms with Gasteiger partial charge in [0.25, 0.3) is 0 Å². The normalized spacial score (nSPS) is 12.3. The first-order valence-electron chi connectivity index (χ1n) is 7.06. The van der Waals surface area contributed by atoms with Crippen LogP contribution in [-0.2, 0) is 0 Å². The molecule has 0 radical (unpaired) electrons. The molecule has 0 amide bonds. The highest BCUT2D eigenvalue weighted by molar-refractivity contribution is 7.99. The lowest BCUT2D eigenvalue weighted by molar-refractivity contribution is 0.595. The Labute approximate surface area is 125 Å². The summed E-state index contributed by atoms with van der Waals surface area (Å²) in [7, 11) is 0. The fraction of sp³-hybridized carbons (Fsp3) is 0.375. The zero-order valence-electron chi connectivity index (χ0n) is 12.0. The molecule has 2 rings (SSSR count). The molecule has 1 N–H and O–H groups in total. The first-order chi connectivity index (χ1) is 9.85. The lowest BCUT2D eigenvalue weighted by Gasteiger charge is -2.19. The van der Waals surface area contributed by atoms with Gasteiger partial charge in [-0.05, 0) is 36.4 Å². The molecule has 106 valence electrons. The van der Waals surface area contributed by atoms with Crippen LogP contribution in [0.25, 0.3) is 0 Å². The van der Waals surface area contributed by atoms with Crippen LogP contribution in [0.4, 0.5) is 0 Å². The van der Waals surface area contributed by atoms with Crippen LogP contribution in [0, 0.1) is 0 Å². The minimum atomic E-state index is 0.164.